The maximum absolute atomic E-state index is 13.1. The van der Waals surface area contributed by atoms with Crippen LogP contribution in [0.5, 0.6) is 0 Å². The Bertz CT molecular complexity index is 1230. The average Bonchev–Trinajstić information content (AvgIpc) is 3.22. The third kappa shape index (κ3) is 4.55. The number of fused-ring (bicyclic) bond motifs is 1. The number of sulfonamides is 1. The third-order valence-corrected chi connectivity index (χ3v) is 9.40. The first kappa shape index (κ1) is 23.2. The van der Waals surface area contributed by atoms with Crippen molar-refractivity contribution in [2.75, 3.05) is 26.2 Å². The van der Waals surface area contributed by atoms with E-state index in [1.54, 1.807) is 43.4 Å². The molecule has 3 aromatic rings. The van der Waals surface area contributed by atoms with Crippen LogP contribution in [-0.4, -0.2) is 54.7 Å². The summed E-state index contributed by atoms with van der Waals surface area (Å²) in [5, 5.41) is 1.77. The molecule has 0 N–H and O–H groups in total. The Kier molecular flexibility index (Phi) is 6.86. The van der Waals surface area contributed by atoms with Gasteiger partial charge in [0.1, 0.15) is 0 Å². The van der Waals surface area contributed by atoms with Crippen LogP contribution in [0, 0.1) is 0 Å². The molecule has 1 fully saturated rings. The normalized spacial score (nSPS) is 15.6. The van der Waals surface area contributed by atoms with Gasteiger partial charge in [-0.05, 0) is 49.2 Å². The second-order valence-electron chi connectivity index (χ2n) is 7.85. The van der Waals surface area contributed by atoms with Gasteiger partial charge in [0.15, 0.2) is 0 Å². The van der Waals surface area contributed by atoms with Gasteiger partial charge in [0.25, 0.3) is 5.91 Å². The van der Waals surface area contributed by atoms with E-state index in [2.05, 4.69) is 0 Å². The summed E-state index contributed by atoms with van der Waals surface area (Å²) >= 11 is 7.76. The Labute approximate surface area is 197 Å². The largest absolute Gasteiger partial charge is 0.339 e. The lowest BCUT2D eigenvalue weighted by Gasteiger charge is -2.31. The molecule has 32 heavy (non-hydrogen) atoms. The summed E-state index contributed by atoms with van der Waals surface area (Å²) in [7, 11) is -3.60. The predicted octanol–water partition coefficient (Wildman–Crippen LogP) is 5.00. The Morgan fingerprint density at radius 2 is 1.88 bits per heavy atom. The molecule has 0 bridgehead atoms. The van der Waals surface area contributed by atoms with Gasteiger partial charge in [-0.1, -0.05) is 31.5 Å². The first-order valence-electron chi connectivity index (χ1n) is 10.8. The highest BCUT2D eigenvalue weighted by Gasteiger charge is 2.28. The van der Waals surface area contributed by atoms with E-state index in [9.17, 15) is 13.2 Å². The molecule has 170 valence electrons. The highest BCUT2D eigenvalue weighted by atomic mass is 35.5. The van der Waals surface area contributed by atoms with Crippen molar-refractivity contribution in [3.8, 4) is 0 Å². The summed E-state index contributed by atoms with van der Waals surface area (Å²) in [6.07, 6.45) is 1.66. The van der Waals surface area contributed by atoms with Gasteiger partial charge < -0.3 is 4.90 Å². The number of amides is 1. The molecule has 0 aliphatic carbocycles. The van der Waals surface area contributed by atoms with E-state index in [-0.39, 0.29) is 10.8 Å². The lowest BCUT2D eigenvalue weighted by Crippen LogP contribution is -2.38. The van der Waals surface area contributed by atoms with Crippen LogP contribution in [0.1, 0.15) is 48.0 Å². The molecule has 0 spiro atoms. The van der Waals surface area contributed by atoms with Crippen molar-refractivity contribution < 1.29 is 13.2 Å². The second kappa shape index (κ2) is 9.47. The lowest BCUT2D eigenvalue weighted by molar-refractivity contribution is 0.0712. The molecule has 0 unspecified atom stereocenters. The van der Waals surface area contributed by atoms with Crippen LogP contribution in [0.25, 0.3) is 10.2 Å². The number of likely N-dealkylation sites (tertiary alicyclic amines) is 1. The van der Waals surface area contributed by atoms with Gasteiger partial charge in [-0.2, -0.15) is 4.31 Å². The fraction of sp³-hybridized carbons (Fsp3) is 0.391. The molecule has 1 aliphatic rings. The molecule has 1 aromatic heterocycles. The Morgan fingerprint density at radius 1 is 1.16 bits per heavy atom. The number of hydrogen-bond acceptors (Lipinski definition) is 5. The number of carbonyl (C=O) groups excluding carboxylic acids is 1. The van der Waals surface area contributed by atoms with Crippen LogP contribution in [-0.2, 0) is 10.0 Å². The number of hydrogen-bond donors (Lipinski definition) is 0. The summed E-state index contributed by atoms with van der Waals surface area (Å²) in [4.78, 5) is 19.8. The molecule has 1 aliphatic heterocycles. The number of aromatic nitrogens is 1. The number of rotatable bonds is 6. The molecule has 6 nitrogen and oxygen atoms in total. The minimum absolute atomic E-state index is 0.129. The SMILES string of the molecule is CCN(CC)S(=O)(=O)c1cccc(C(=O)N2CCC(c3nc4cc(Cl)ccc4s3)CC2)c1. The summed E-state index contributed by atoms with van der Waals surface area (Å²) < 4.78 is 28.2. The second-order valence-corrected chi connectivity index (χ2v) is 11.3. The Morgan fingerprint density at radius 3 is 2.56 bits per heavy atom. The minimum atomic E-state index is -3.60. The van der Waals surface area contributed by atoms with Crippen molar-refractivity contribution >= 4 is 49.1 Å². The van der Waals surface area contributed by atoms with E-state index in [0.29, 0.717) is 42.7 Å². The summed E-state index contributed by atoms with van der Waals surface area (Å²) in [6, 6.07) is 12.1. The first-order valence-corrected chi connectivity index (χ1v) is 13.4. The van der Waals surface area contributed by atoms with Crippen LogP contribution in [0.15, 0.2) is 47.4 Å². The lowest BCUT2D eigenvalue weighted by atomic mass is 9.97. The molecule has 2 aromatic carbocycles. The maximum Gasteiger partial charge on any atom is 0.253 e. The predicted molar refractivity (Wildman–Crippen MR) is 129 cm³/mol. The maximum atomic E-state index is 13.1. The number of carbonyl (C=O) groups is 1. The fourth-order valence-corrected chi connectivity index (χ4v) is 6.89. The zero-order valence-electron chi connectivity index (χ0n) is 18.1. The molecule has 0 radical (unpaired) electrons. The summed E-state index contributed by atoms with van der Waals surface area (Å²) in [6.45, 7) is 5.63. The van der Waals surface area contributed by atoms with E-state index < -0.39 is 10.0 Å². The van der Waals surface area contributed by atoms with Crippen molar-refractivity contribution in [2.24, 2.45) is 0 Å². The van der Waals surface area contributed by atoms with Gasteiger partial charge in [0.05, 0.1) is 20.1 Å². The number of nitrogens with zero attached hydrogens (tertiary/aromatic N) is 3. The molecule has 9 heteroatoms. The Balaban J connectivity index is 1.46. The zero-order valence-corrected chi connectivity index (χ0v) is 20.5. The molecule has 1 amide bonds. The van der Waals surface area contributed by atoms with Crippen molar-refractivity contribution in [2.45, 2.75) is 37.5 Å². The zero-order chi connectivity index (χ0) is 22.9. The van der Waals surface area contributed by atoms with Crippen LogP contribution < -0.4 is 0 Å². The number of benzene rings is 2. The molecule has 0 saturated carbocycles. The van der Waals surface area contributed by atoms with Crippen molar-refractivity contribution in [1.82, 2.24) is 14.2 Å². The van der Waals surface area contributed by atoms with Gasteiger partial charge in [0.2, 0.25) is 10.0 Å². The molecular weight excluding hydrogens is 466 g/mol. The minimum Gasteiger partial charge on any atom is -0.339 e. The highest BCUT2D eigenvalue weighted by Crippen LogP contribution is 2.35. The first-order chi connectivity index (χ1) is 15.3. The van der Waals surface area contributed by atoms with Gasteiger partial charge in [-0.15, -0.1) is 11.3 Å². The monoisotopic (exact) mass is 491 g/mol. The molecule has 0 atom stereocenters. The molecule has 2 heterocycles. The van der Waals surface area contributed by atoms with Crippen molar-refractivity contribution in [3.05, 3.63) is 58.1 Å². The van der Waals surface area contributed by atoms with Gasteiger partial charge in [-0.3, -0.25) is 4.79 Å². The van der Waals surface area contributed by atoms with E-state index in [1.807, 2.05) is 23.1 Å². The summed E-state index contributed by atoms with van der Waals surface area (Å²) in [5.74, 6) is 0.181. The third-order valence-electron chi connectivity index (χ3n) is 5.92. The smallest absolute Gasteiger partial charge is 0.253 e. The van der Waals surface area contributed by atoms with Gasteiger partial charge in [-0.25, -0.2) is 13.4 Å². The standard InChI is InChI=1S/C23H26ClN3O3S2/c1-3-27(4-2)32(29,30)19-7-5-6-17(14-19)23(28)26-12-10-16(11-13-26)22-25-20-15-18(24)8-9-21(20)31-22/h5-9,14-16H,3-4,10-13H2,1-2H3. The van der Waals surface area contributed by atoms with Gasteiger partial charge >= 0.3 is 0 Å². The highest BCUT2D eigenvalue weighted by molar-refractivity contribution is 7.89. The quantitative estimate of drug-likeness (QED) is 0.486. The van der Waals surface area contributed by atoms with Crippen molar-refractivity contribution in [3.63, 3.8) is 0 Å². The van der Waals surface area contributed by atoms with E-state index in [1.165, 1.54) is 10.4 Å². The topological polar surface area (TPSA) is 70.6 Å². The molecular formula is C23H26ClN3O3S2. The van der Waals surface area contributed by atoms with E-state index >= 15 is 0 Å². The van der Waals surface area contributed by atoms with Crippen LogP contribution in [0.4, 0.5) is 0 Å². The van der Waals surface area contributed by atoms with Crippen LogP contribution >= 0.6 is 22.9 Å². The van der Waals surface area contributed by atoms with Crippen LogP contribution in [0.3, 0.4) is 0 Å². The number of halogens is 1. The average molecular weight is 492 g/mol. The van der Waals surface area contributed by atoms with Gasteiger partial charge in [0, 0.05) is 42.7 Å². The molecule has 4 rings (SSSR count). The molecule has 1 saturated heterocycles. The number of thiazole rings is 1. The fourth-order valence-electron chi connectivity index (χ4n) is 4.11. The number of piperidine rings is 1. The van der Waals surface area contributed by atoms with E-state index in [4.69, 9.17) is 16.6 Å². The van der Waals surface area contributed by atoms with E-state index in [0.717, 1.165) is 28.1 Å². The van der Waals surface area contributed by atoms with Crippen molar-refractivity contribution in [1.29, 1.82) is 0 Å². The van der Waals surface area contributed by atoms with Crippen LogP contribution in [0.2, 0.25) is 5.02 Å². The summed E-state index contributed by atoms with van der Waals surface area (Å²) in [5.41, 5.74) is 1.33. The Hall–Kier alpha value is -2.00.